The Balaban J connectivity index is 1.38. The normalized spacial score (nSPS) is 15.5. The molecule has 37 heavy (non-hydrogen) atoms. The van der Waals surface area contributed by atoms with Gasteiger partial charge in [-0.15, -0.1) is 0 Å². The number of anilines is 2. The lowest BCUT2D eigenvalue weighted by atomic mass is 10.1. The molecule has 4 rings (SSSR count). The average molecular weight is 530 g/mol. The Labute approximate surface area is 219 Å². The standard InChI is InChI=1S/C25H32FN7O3S/c1-3-13-37-25-30-22(27-10-12-36-4-2)20-15-29-33(23(20)31-25)11-9-28-24(35)17-14-21(34)32(16-17)19-7-5-18(26)6-8-19/h5-8,15,17H,3-4,9-14,16H2,1-2H3,(H,28,35)(H,27,30,31). The summed E-state index contributed by atoms with van der Waals surface area (Å²) in [5.74, 6) is 0.440. The number of nitrogens with one attached hydrogen (secondary N) is 2. The molecule has 0 radical (unpaired) electrons. The second kappa shape index (κ2) is 12.8. The first-order chi connectivity index (χ1) is 18.0. The van der Waals surface area contributed by atoms with Gasteiger partial charge in [0, 0.05) is 44.1 Å². The number of hydrogen-bond donors (Lipinski definition) is 2. The van der Waals surface area contributed by atoms with Crippen molar-refractivity contribution in [2.24, 2.45) is 5.92 Å². The lowest BCUT2D eigenvalue weighted by molar-refractivity contribution is -0.126. The van der Waals surface area contributed by atoms with E-state index < -0.39 is 5.92 Å². The molecular formula is C25H32FN7O3S. The number of halogens is 1. The maximum Gasteiger partial charge on any atom is 0.227 e. The van der Waals surface area contributed by atoms with Crippen LogP contribution in [0.15, 0.2) is 35.6 Å². The zero-order valence-corrected chi connectivity index (χ0v) is 21.9. The van der Waals surface area contributed by atoms with Crippen LogP contribution in [0.3, 0.4) is 0 Å². The predicted octanol–water partition coefficient (Wildman–Crippen LogP) is 3.09. The average Bonchev–Trinajstić information content (AvgIpc) is 3.49. The molecule has 1 atom stereocenters. The van der Waals surface area contributed by atoms with Gasteiger partial charge in [-0.05, 0) is 37.6 Å². The molecule has 1 aliphatic heterocycles. The summed E-state index contributed by atoms with van der Waals surface area (Å²) in [5, 5.41) is 12.2. The van der Waals surface area contributed by atoms with Crippen LogP contribution in [0, 0.1) is 11.7 Å². The molecule has 3 heterocycles. The van der Waals surface area contributed by atoms with Gasteiger partial charge in [0.2, 0.25) is 11.8 Å². The summed E-state index contributed by atoms with van der Waals surface area (Å²) < 4.78 is 20.4. The van der Waals surface area contributed by atoms with E-state index in [0.29, 0.717) is 55.2 Å². The minimum atomic E-state index is -0.465. The Bertz CT molecular complexity index is 1220. The van der Waals surface area contributed by atoms with Crippen molar-refractivity contribution in [2.75, 3.05) is 48.8 Å². The summed E-state index contributed by atoms with van der Waals surface area (Å²) in [6.07, 6.45) is 2.85. The van der Waals surface area contributed by atoms with E-state index in [0.717, 1.165) is 17.6 Å². The van der Waals surface area contributed by atoms with E-state index in [1.54, 1.807) is 34.8 Å². The molecule has 10 nitrogen and oxygen atoms in total. The highest BCUT2D eigenvalue weighted by Gasteiger charge is 2.35. The van der Waals surface area contributed by atoms with Crippen molar-refractivity contribution >= 4 is 46.1 Å². The monoisotopic (exact) mass is 529 g/mol. The number of aromatic nitrogens is 4. The number of amides is 2. The molecule has 0 spiro atoms. The number of hydrogen-bond acceptors (Lipinski definition) is 8. The van der Waals surface area contributed by atoms with Gasteiger partial charge in [0.15, 0.2) is 10.8 Å². The molecule has 3 aromatic rings. The maximum atomic E-state index is 13.2. The van der Waals surface area contributed by atoms with E-state index in [4.69, 9.17) is 9.72 Å². The zero-order valence-electron chi connectivity index (χ0n) is 21.1. The Morgan fingerprint density at radius 1 is 1.22 bits per heavy atom. The van der Waals surface area contributed by atoms with Gasteiger partial charge >= 0.3 is 0 Å². The van der Waals surface area contributed by atoms with Gasteiger partial charge < -0.3 is 20.3 Å². The van der Waals surface area contributed by atoms with E-state index in [2.05, 4.69) is 27.6 Å². The third kappa shape index (κ3) is 6.75. The van der Waals surface area contributed by atoms with E-state index in [1.807, 2.05) is 6.92 Å². The second-order valence-corrected chi connectivity index (χ2v) is 9.67. The van der Waals surface area contributed by atoms with Crippen molar-refractivity contribution in [2.45, 2.75) is 38.4 Å². The number of rotatable bonds is 13. The van der Waals surface area contributed by atoms with Gasteiger partial charge in [0.05, 0.1) is 30.7 Å². The number of fused-ring (bicyclic) bond motifs is 1. The topological polar surface area (TPSA) is 114 Å². The van der Waals surface area contributed by atoms with Crippen LogP contribution in [-0.4, -0.2) is 70.2 Å². The number of nitrogens with zero attached hydrogens (tertiary/aromatic N) is 5. The fraction of sp³-hybridized carbons (Fsp3) is 0.480. The fourth-order valence-electron chi connectivity index (χ4n) is 4.06. The number of carbonyl (C=O) groups excluding carboxylic acids is 2. The van der Waals surface area contributed by atoms with Crippen LogP contribution in [0.25, 0.3) is 11.0 Å². The summed E-state index contributed by atoms with van der Waals surface area (Å²) in [6, 6.07) is 5.70. The van der Waals surface area contributed by atoms with Crippen LogP contribution >= 0.6 is 11.8 Å². The molecule has 2 N–H and O–H groups in total. The Kier molecular flexibility index (Phi) is 9.29. The molecule has 12 heteroatoms. The zero-order chi connectivity index (χ0) is 26.2. The summed E-state index contributed by atoms with van der Waals surface area (Å²) in [6.45, 7) is 6.94. The molecule has 0 saturated carbocycles. The highest BCUT2D eigenvalue weighted by molar-refractivity contribution is 7.99. The highest BCUT2D eigenvalue weighted by atomic mass is 32.2. The lowest BCUT2D eigenvalue weighted by Crippen LogP contribution is -2.35. The van der Waals surface area contributed by atoms with Crippen molar-refractivity contribution < 1.29 is 18.7 Å². The number of carbonyl (C=O) groups is 2. The molecule has 0 aliphatic carbocycles. The van der Waals surface area contributed by atoms with Gasteiger partial charge in [-0.25, -0.2) is 19.0 Å². The summed E-state index contributed by atoms with van der Waals surface area (Å²) >= 11 is 1.59. The number of thioether (sulfide) groups is 1. The molecule has 1 saturated heterocycles. The molecule has 0 bridgehead atoms. The Hall–Kier alpha value is -3.25. The van der Waals surface area contributed by atoms with E-state index in [1.165, 1.54) is 17.0 Å². The van der Waals surface area contributed by atoms with Crippen LogP contribution in [0.1, 0.15) is 26.7 Å². The number of ether oxygens (including phenoxy) is 1. The van der Waals surface area contributed by atoms with Crippen LogP contribution in [0.2, 0.25) is 0 Å². The third-order valence-corrected chi connectivity index (χ3v) is 6.96. The SMILES string of the molecule is CCCSc1nc(NCCOCC)c2cnn(CCNC(=O)C3CC(=O)N(c4ccc(F)cc4)C3)c2n1. The Morgan fingerprint density at radius 3 is 2.78 bits per heavy atom. The fourth-order valence-corrected chi connectivity index (χ4v) is 4.75. The third-order valence-electron chi connectivity index (χ3n) is 5.91. The highest BCUT2D eigenvalue weighted by Crippen LogP contribution is 2.26. The molecular weight excluding hydrogens is 497 g/mol. The van der Waals surface area contributed by atoms with Gasteiger partial charge in [-0.1, -0.05) is 18.7 Å². The molecule has 1 unspecified atom stereocenters. The van der Waals surface area contributed by atoms with Gasteiger partial charge in [0.1, 0.15) is 11.6 Å². The molecule has 1 fully saturated rings. The van der Waals surface area contributed by atoms with Crippen molar-refractivity contribution in [1.29, 1.82) is 0 Å². The number of benzene rings is 1. The van der Waals surface area contributed by atoms with E-state index >= 15 is 0 Å². The molecule has 2 amide bonds. The first-order valence-corrected chi connectivity index (χ1v) is 13.5. The minimum Gasteiger partial charge on any atom is -0.380 e. The minimum absolute atomic E-state index is 0.121. The van der Waals surface area contributed by atoms with E-state index in [-0.39, 0.29) is 30.6 Å². The van der Waals surface area contributed by atoms with Crippen LogP contribution < -0.4 is 15.5 Å². The summed E-state index contributed by atoms with van der Waals surface area (Å²) in [5.41, 5.74) is 1.28. The van der Waals surface area contributed by atoms with Crippen molar-refractivity contribution in [3.63, 3.8) is 0 Å². The van der Waals surface area contributed by atoms with Crippen LogP contribution in [0.4, 0.5) is 15.9 Å². The maximum absolute atomic E-state index is 13.2. The smallest absolute Gasteiger partial charge is 0.227 e. The second-order valence-electron chi connectivity index (χ2n) is 8.60. The lowest BCUT2D eigenvalue weighted by Gasteiger charge is -2.16. The molecule has 198 valence electrons. The van der Waals surface area contributed by atoms with Gasteiger partial charge in [0.25, 0.3) is 0 Å². The molecule has 2 aromatic heterocycles. The first-order valence-electron chi connectivity index (χ1n) is 12.5. The molecule has 1 aromatic carbocycles. The predicted molar refractivity (Wildman–Crippen MR) is 141 cm³/mol. The Morgan fingerprint density at radius 2 is 2.03 bits per heavy atom. The molecule has 1 aliphatic rings. The van der Waals surface area contributed by atoms with E-state index in [9.17, 15) is 14.0 Å². The van der Waals surface area contributed by atoms with Crippen LogP contribution in [-0.2, 0) is 20.9 Å². The van der Waals surface area contributed by atoms with Crippen molar-refractivity contribution in [3.05, 3.63) is 36.3 Å². The van der Waals surface area contributed by atoms with Crippen molar-refractivity contribution in [3.8, 4) is 0 Å². The van der Waals surface area contributed by atoms with Gasteiger partial charge in [-0.3, -0.25) is 9.59 Å². The summed E-state index contributed by atoms with van der Waals surface area (Å²) in [7, 11) is 0. The first kappa shape index (κ1) is 26.8. The largest absolute Gasteiger partial charge is 0.380 e. The van der Waals surface area contributed by atoms with Crippen molar-refractivity contribution in [1.82, 2.24) is 25.1 Å². The van der Waals surface area contributed by atoms with Gasteiger partial charge in [-0.2, -0.15) is 5.10 Å². The summed E-state index contributed by atoms with van der Waals surface area (Å²) in [4.78, 5) is 36.1. The van der Waals surface area contributed by atoms with Crippen LogP contribution in [0.5, 0.6) is 0 Å². The quantitative estimate of drug-likeness (QED) is 0.197.